The molecule has 0 saturated carbocycles. The van der Waals surface area contributed by atoms with Crippen LogP contribution in [0.25, 0.3) is 21.8 Å². The lowest BCUT2D eigenvalue weighted by molar-refractivity contribution is -0.138. The van der Waals surface area contributed by atoms with Crippen molar-refractivity contribution in [3.63, 3.8) is 0 Å². The zero-order valence-corrected chi connectivity index (χ0v) is 15.7. The molecule has 0 aliphatic rings. The third-order valence-corrected chi connectivity index (χ3v) is 5.14. The number of hydrogen-bond acceptors (Lipinski definition) is 1. The van der Waals surface area contributed by atoms with Gasteiger partial charge in [0.25, 0.3) is 0 Å². The number of primary amides is 1. The van der Waals surface area contributed by atoms with E-state index in [0.717, 1.165) is 18.2 Å². The minimum Gasteiger partial charge on any atom is -0.366 e. The lowest BCUT2D eigenvalue weighted by atomic mass is 10.0. The molecule has 1 amide bonds. The Morgan fingerprint density at radius 1 is 0.839 bits per heavy atom. The van der Waals surface area contributed by atoms with Gasteiger partial charge in [-0.3, -0.25) is 4.79 Å². The molecule has 160 valence electrons. The third-order valence-electron chi connectivity index (χ3n) is 5.14. The summed E-state index contributed by atoms with van der Waals surface area (Å²) < 4.78 is 81.7. The number of carbonyl (C=O) groups excluding carboxylic acids is 1. The largest absolute Gasteiger partial charge is 0.416 e. The quantitative estimate of drug-likeness (QED) is 0.395. The van der Waals surface area contributed by atoms with Gasteiger partial charge in [0.1, 0.15) is 0 Å². The maximum absolute atomic E-state index is 13.5. The molecule has 0 bridgehead atoms. The third kappa shape index (κ3) is 3.60. The number of nitrogens with two attached hydrogens (primary N) is 1. The summed E-state index contributed by atoms with van der Waals surface area (Å²) in [5, 5.41) is 0.588. The minimum absolute atomic E-state index is 0.0514. The molecule has 0 radical (unpaired) electrons. The van der Waals surface area contributed by atoms with Crippen LogP contribution in [0.1, 0.15) is 27.0 Å². The molecule has 9 heteroatoms. The van der Waals surface area contributed by atoms with E-state index in [4.69, 9.17) is 5.73 Å². The van der Waals surface area contributed by atoms with E-state index < -0.39 is 29.4 Å². The van der Waals surface area contributed by atoms with Gasteiger partial charge in [-0.05, 0) is 35.9 Å². The van der Waals surface area contributed by atoms with Crippen LogP contribution in [0.2, 0.25) is 0 Å². The lowest BCUT2D eigenvalue weighted by Gasteiger charge is -2.15. The maximum atomic E-state index is 13.5. The van der Waals surface area contributed by atoms with Crippen molar-refractivity contribution in [2.45, 2.75) is 18.9 Å². The number of hydrogen-bond donors (Lipinski definition) is 1. The average molecular weight is 436 g/mol. The Kier molecular flexibility index (Phi) is 4.72. The van der Waals surface area contributed by atoms with Crippen LogP contribution in [0, 0.1) is 0 Å². The van der Waals surface area contributed by atoms with Gasteiger partial charge in [-0.2, -0.15) is 26.3 Å². The molecule has 0 aliphatic carbocycles. The first-order chi connectivity index (χ1) is 14.5. The molecule has 0 atom stereocenters. The number of amides is 1. The predicted molar refractivity (Wildman–Crippen MR) is 104 cm³/mol. The van der Waals surface area contributed by atoms with Crippen LogP contribution in [0.3, 0.4) is 0 Å². The van der Waals surface area contributed by atoms with Crippen molar-refractivity contribution in [3.05, 3.63) is 82.9 Å². The van der Waals surface area contributed by atoms with Gasteiger partial charge < -0.3 is 10.3 Å². The average Bonchev–Trinajstić information content (AvgIpc) is 3.00. The Balaban J connectivity index is 2.06. The zero-order valence-electron chi connectivity index (χ0n) is 15.7. The Bertz CT molecular complexity index is 1320. The molecule has 4 rings (SSSR count). The Hall–Kier alpha value is -3.49. The first-order valence-electron chi connectivity index (χ1n) is 9.05. The van der Waals surface area contributed by atoms with Crippen molar-refractivity contribution in [1.29, 1.82) is 0 Å². The summed E-state index contributed by atoms with van der Waals surface area (Å²) in [6, 6.07) is 12.2. The Morgan fingerprint density at radius 3 is 2.19 bits per heavy atom. The van der Waals surface area contributed by atoms with Gasteiger partial charge in [0.15, 0.2) is 0 Å². The number of benzene rings is 3. The molecular formula is C22H14F6N2O. The number of alkyl halides is 6. The molecular weight excluding hydrogens is 422 g/mol. The molecule has 3 nitrogen and oxygen atoms in total. The summed E-state index contributed by atoms with van der Waals surface area (Å²) in [4.78, 5) is 11.9. The molecule has 2 N–H and O–H groups in total. The molecule has 0 fully saturated rings. The second-order valence-corrected chi connectivity index (χ2v) is 7.03. The van der Waals surface area contributed by atoms with Gasteiger partial charge >= 0.3 is 12.4 Å². The van der Waals surface area contributed by atoms with Crippen LogP contribution >= 0.6 is 0 Å². The molecule has 1 aromatic heterocycles. The van der Waals surface area contributed by atoms with Gasteiger partial charge in [0, 0.05) is 22.9 Å². The fourth-order valence-corrected chi connectivity index (χ4v) is 3.80. The van der Waals surface area contributed by atoms with Crippen LogP contribution < -0.4 is 5.73 Å². The predicted octanol–water partition coefficient (Wildman–Crippen LogP) is 5.98. The van der Waals surface area contributed by atoms with E-state index in [-0.39, 0.29) is 23.2 Å². The van der Waals surface area contributed by atoms with Crippen molar-refractivity contribution < 1.29 is 31.1 Å². The number of aromatic nitrogens is 1. The normalized spacial score (nSPS) is 12.6. The molecule has 31 heavy (non-hydrogen) atoms. The van der Waals surface area contributed by atoms with Crippen LogP contribution in [0.5, 0.6) is 0 Å². The van der Waals surface area contributed by atoms with Crippen LogP contribution in [0.4, 0.5) is 26.3 Å². The summed E-state index contributed by atoms with van der Waals surface area (Å²) in [5.41, 5.74) is 3.92. The molecule has 0 saturated heterocycles. The number of carbonyl (C=O) groups is 1. The second-order valence-electron chi connectivity index (χ2n) is 7.03. The summed E-state index contributed by atoms with van der Waals surface area (Å²) >= 11 is 0. The highest BCUT2D eigenvalue weighted by molar-refractivity contribution is 6.18. The van der Waals surface area contributed by atoms with Gasteiger partial charge in [-0.1, -0.05) is 30.3 Å². The number of rotatable bonds is 3. The number of fused-ring (bicyclic) bond motifs is 3. The molecule has 0 spiro atoms. The summed E-state index contributed by atoms with van der Waals surface area (Å²) in [5.74, 6) is -0.791. The fourth-order valence-electron chi connectivity index (χ4n) is 3.80. The van der Waals surface area contributed by atoms with E-state index in [2.05, 4.69) is 0 Å². The van der Waals surface area contributed by atoms with E-state index in [1.807, 2.05) is 0 Å². The summed E-state index contributed by atoms with van der Waals surface area (Å²) in [6.45, 7) is -0.348. The topological polar surface area (TPSA) is 48.0 Å². The molecule has 0 aliphatic heterocycles. The number of nitrogens with zero attached hydrogens (tertiary/aromatic N) is 1. The van der Waals surface area contributed by atoms with E-state index in [0.29, 0.717) is 16.3 Å². The molecule has 1 heterocycles. The smallest absolute Gasteiger partial charge is 0.366 e. The van der Waals surface area contributed by atoms with Crippen molar-refractivity contribution >= 4 is 27.7 Å². The van der Waals surface area contributed by atoms with Crippen LogP contribution in [-0.2, 0) is 18.9 Å². The maximum Gasteiger partial charge on any atom is 0.416 e. The Labute approximate surface area is 171 Å². The fraction of sp³-hybridized carbons (Fsp3) is 0.136. The van der Waals surface area contributed by atoms with E-state index in [1.165, 1.54) is 47.0 Å². The van der Waals surface area contributed by atoms with Crippen LogP contribution in [0.15, 0.2) is 60.7 Å². The van der Waals surface area contributed by atoms with Gasteiger partial charge in [-0.15, -0.1) is 0 Å². The first-order valence-corrected chi connectivity index (χ1v) is 9.05. The van der Waals surface area contributed by atoms with E-state index in [9.17, 15) is 31.1 Å². The van der Waals surface area contributed by atoms with Gasteiger partial charge in [0.2, 0.25) is 5.91 Å². The summed E-state index contributed by atoms with van der Waals surface area (Å²) in [7, 11) is 0. The highest BCUT2D eigenvalue weighted by atomic mass is 19.4. The van der Waals surface area contributed by atoms with Gasteiger partial charge in [0.05, 0.1) is 22.2 Å². The van der Waals surface area contributed by atoms with Gasteiger partial charge in [-0.25, -0.2) is 0 Å². The lowest BCUT2D eigenvalue weighted by Crippen LogP contribution is -2.12. The molecule has 0 unspecified atom stereocenters. The Morgan fingerprint density at radius 2 is 1.55 bits per heavy atom. The van der Waals surface area contributed by atoms with E-state index in [1.54, 1.807) is 0 Å². The first kappa shape index (κ1) is 20.8. The number of halogens is 6. The standard InChI is InChI=1S/C22H14F6N2O/c23-21(24,25)13-8-9-14-18(10-13)30(17-7-3-5-15(19(14)17)20(29)31)11-12-4-1-2-6-16(12)22(26,27)28/h1-10H,11H2,(H2,29,31). The van der Waals surface area contributed by atoms with Crippen molar-refractivity contribution in [3.8, 4) is 0 Å². The van der Waals surface area contributed by atoms with Crippen molar-refractivity contribution in [2.24, 2.45) is 5.73 Å². The summed E-state index contributed by atoms with van der Waals surface area (Å²) in [6.07, 6.45) is -9.28. The monoisotopic (exact) mass is 436 g/mol. The second kappa shape index (κ2) is 7.04. The van der Waals surface area contributed by atoms with Crippen LogP contribution in [-0.4, -0.2) is 10.5 Å². The van der Waals surface area contributed by atoms with Crippen molar-refractivity contribution in [1.82, 2.24) is 4.57 Å². The molecule has 4 aromatic rings. The zero-order chi connectivity index (χ0) is 22.6. The van der Waals surface area contributed by atoms with Crippen molar-refractivity contribution in [2.75, 3.05) is 0 Å². The molecule has 3 aromatic carbocycles. The SMILES string of the molecule is NC(=O)c1cccc2c1c1ccc(C(F)(F)F)cc1n2Cc1ccccc1C(F)(F)F. The highest BCUT2D eigenvalue weighted by Gasteiger charge is 2.34. The highest BCUT2D eigenvalue weighted by Crippen LogP contribution is 2.38. The minimum atomic E-state index is -4.65. The van der Waals surface area contributed by atoms with E-state index >= 15 is 0 Å².